The summed E-state index contributed by atoms with van der Waals surface area (Å²) in [5.74, 6) is 1.15. The minimum Gasteiger partial charge on any atom is -0.315 e. The van der Waals surface area contributed by atoms with Gasteiger partial charge in [0.05, 0.1) is 4.90 Å². The predicted molar refractivity (Wildman–Crippen MR) is 82.4 cm³/mol. The zero-order valence-corrected chi connectivity index (χ0v) is 13.5. The maximum atomic E-state index is 12.2. The Morgan fingerprint density at radius 2 is 2.26 bits per heavy atom. The standard InChI is InChI=1S/C12H20N2O2S3/c1-13-7-11-6-12(9-18-11)19(15,16)14-8-10-4-2-3-5-17-10/h6,9-10,13-14H,2-5,7-8H2,1H3. The fourth-order valence-corrected chi connectivity index (χ4v) is 5.74. The molecule has 0 saturated carbocycles. The molecular weight excluding hydrogens is 300 g/mol. The number of hydrogen-bond acceptors (Lipinski definition) is 5. The van der Waals surface area contributed by atoms with Crippen molar-refractivity contribution in [3.05, 3.63) is 16.3 Å². The minimum atomic E-state index is -3.34. The van der Waals surface area contributed by atoms with Crippen LogP contribution in [0.25, 0.3) is 0 Å². The van der Waals surface area contributed by atoms with E-state index >= 15 is 0 Å². The molecule has 1 aromatic rings. The lowest BCUT2D eigenvalue weighted by atomic mass is 10.2. The van der Waals surface area contributed by atoms with Gasteiger partial charge in [0.1, 0.15) is 0 Å². The molecule has 1 fully saturated rings. The zero-order chi connectivity index (χ0) is 13.7. The van der Waals surface area contributed by atoms with Crippen molar-refractivity contribution < 1.29 is 8.42 Å². The highest BCUT2D eigenvalue weighted by Gasteiger charge is 2.20. The van der Waals surface area contributed by atoms with Crippen LogP contribution in [-0.4, -0.2) is 33.0 Å². The first kappa shape index (κ1) is 15.3. The van der Waals surface area contributed by atoms with Gasteiger partial charge in [-0.3, -0.25) is 0 Å². The van der Waals surface area contributed by atoms with E-state index in [2.05, 4.69) is 10.0 Å². The molecule has 2 rings (SSSR count). The Bertz CT molecular complexity index is 493. The van der Waals surface area contributed by atoms with Gasteiger partial charge in [-0.1, -0.05) is 6.42 Å². The highest BCUT2D eigenvalue weighted by Crippen LogP contribution is 2.25. The monoisotopic (exact) mass is 320 g/mol. The van der Waals surface area contributed by atoms with Crippen LogP contribution >= 0.6 is 23.1 Å². The Morgan fingerprint density at radius 1 is 1.42 bits per heavy atom. The summed E-state index contributed by atoms with van der Waals surface area (Å²) in [4.78, 5) is 1.43. The van der Waals surface area contributed by atoms with Crippen LogP contribution in [0, 0.1) is 0 Å². The quantitative estimate of drug-likeness (QED) is 0.842. The normalized spacial score (nSPS) is 20.6. The molecule has 0 bridgehead atoms. The topological polar surface area (TPSA) is 58.2 Å². The second kappa shape index (κ2) is 7.08. The Kier molecular flexibility index (Phi) is 5.70. The lowest BCUT2D eigenvalue weighted by Gasteiger charge is -2.21. The van der Waals surface area contributed by atoms with Crippen LogP contribution in [0.5, 0.6) is 0 Å². The molecule has 4 nitrogen and oxygen atoms in total. The molecule has 1 atom stereocenters. The molecule has 0 radical (unpaired) electrons. The molecule has 0 amide bonds. The van der Waals surface area contributed by atoms with Gasteiger partial charge in [-0.25, -0.2) is 13.1 Å². The van der Waals surface area contributed by atoms with Crippen molar-refractivity contribution in [3.63, 3.8) is 0 Å². The second-order valence-corrected chi connectivity index (χ2v) is 8.79. The number of thiophene rings is 1. The molecule has 0 spiro atoms. The number of nitrogens with one attached hydrogen (secondary N) is 2. The minimum absolute atomic E-state index is 0.392. The first-order chi connectivity index (χ1) is 9.12. The Hall–Kier alpha value is -0.0800. The molecule has 19 heavy (non-hydrogen) atoms. The molecule has 0 aliphatic carbocycles. The van der Waals surface area contributed by atoms with E-state index in [-0.39, 0.29) is 0 Å². The van der Waals surface area contributed by atoms with E-state index in [1.807, 2.05) is 18.8 Å². The molecule has 1 aliphatic heterocycles. The van der Waals surface area contributed by atoms with Crippen LogP contribution in [0.4, 0.5) is 0 Å². The van der Waals surface area contributed by atoms with Gasteiger partial charge < -0.3 is 5.32 Å². The summed E-state index contributed by atoms with van der Waals surface area (Å²) in [6.07, 6.45) is 3.58. The van der Waals surface area contributed by atoms with Gasteiger partial charge in [0, 0.05) is 28.6 Å². The molecule has 1 unspecified atom stereocenters. The number of thioether (sulfide) groups is 1. The summed E-state index contributed by atoms with van der Waals surface area (Å²) in [5, 5.41) is 5.17. The molecule has 7 heteroatoms. The average molecular weight is 321 g/mol. The van der Waals surface area contributed by atoms with Crippen LogP contribution < -0.4 is 10.0 Å². The van der Waals surface area contributed by atoms with Crippen molar-refractivity contribution in [2.75, 3.05) is 19.3 Å². The van der Waals surface area contributed by atoms with E-state index in [1.165, 1.54) is 24.2 Å². The summed E-state index contributed by atoms with van der Waals surface area (Å²) >= 11 is 3.35. The van der Waals surface area contributed by atoms with Crippen LogP contribution in [0.1, 0.15) is 24.1 Å². The van der Waals surface area contributed by atoms with Gasteiger partial charge in [0.2, 0.25) is 10.0 Å². The first-order valence-electron chi connectivity index (χ1n) is 6.45. The summed E-state index contributed by atoms with van der Waals surface area (Å²) in [6.45, 7) is 1.25. The van der Waals surface area contributed by atoms with E-state index in [0.29, 0.717) is 23.2 Å². The lowest BCUT2D eigenvalue weighted by molar-refractivity contribution is 0.574. The van der Waals surface area contributed by atoms with E-state index < -0.39 is 10.0 Å². The predicted octanol–water partition coefficient (Wildman–Crippen LogP) is 2.03. The van der Waals surface area contributed by atoms with Crippen LogP contribution in [0.15, 0.2) is 16.3 Å². The third-order valence-corrected chi connectivity index (χ3v) is 6.95. The zero-order valence-electron chi connectivity index (χ0n) is 11.0. The molecule has 2 N–H and O–H groups in total. The fraction of sp³-hybridized carbons (Fsp3) is 0.667. The molecule has 2 heterocycles. The largest absolute Gasteiger partial charge is 0.315 e. The highest BCUT2D eigenvalue weighted by atomic mass is 32.2. The average Bonchev–Trinajstić information content (AvgIpc) is 2.88. The summed E-state index contributed by atoms with van der Waals surface area (Å²) in [6, 6.07) is 1.75. The molecule has 0 aromatic carbocycles. The Balaban J connectivity index is 1.92. The van der Waals surface area contributed by atoms with Crippen molar-refractivity contribution in [1.82, 2.24) is 10.0 Å². The third-order valence-electron chi connectivity index (χ3n) is 3.07. The SMILES string of the molecule is CNCc1cc(S(=O)(=O)NCC2CCCCS2)cs1. The maximum absolute atomic E-state index is 12.2. The summed E-state index contributed by atoms with van der Waals surface area (Å²) < 4.78 is 27.1. The number of sulfonamides is 1. The summed E-state index contributed by atoms with van der Waals surface area (Å²) in [5.41, 5.74) is 0. The molecular formula is C12H20N2O2S3. The second-order valence-electron chi connectivity index (χ2n) is 4.62. The van der Waals surface area contributed by atoms with Crippen molar-refractivity contribution in [3.8, 4) is 0 Å². The molecule has 1 aromatic heterocycles. The number of rotatable bonds is 6. The smallest absolute Gasteiger partial charge is 0.241 e. The first-order valence-corrected chi connectivity index (χ1v) is 9.86. The highest BCUT2D eigenvalue weighted by molar-refractivity contribution is 8.00. The van der Waals surface area contributed by atoms with Crippen LogP contribution in [-0.2, 0) is 16.6 Å². The van der Waals surface area contributed by atoms with Crippen LogP contribution in [0.2, 0.25) is 0 Å². The molecule has 108 valence electrons. The van der Waals surface area contributed by atoms with Gasteiger partial charge in [0.25, 0.3) is 0 Å². The van der Waals surface area contributed by atoms with E-state index in [0.717, 1.165) is 17.1 Å². The van der Waals surface area contributed by atoms with E-state index in [9.17, 15) is 8.42 Å². The van der Waals surface area contributed by atoms with Gasteiger partial charge in [-0.2, -0.15) is 11.8 Å². The van der Waals surface area contributed by atoms with Crippen LogP contribution in [0.3, 0.4) is 0 Å². The van der Waals surface area contributed by atoms with E-state index in [4.69, 9.17) is 0 Å². The van der Waals surface area contributed by atoms with Gasteiger partial charge in [0.15, 0.2) is 0 Å². The Morgan fingerprint density at radius 3 is 2.95 bits per heavy atom. The van der Waals surface area contributed by atoms with Crippen molar-refractivity contribution in [2.45, 2.75) is 36.0 Å². The van der Waals surface area contributed by atoms with Crippen molar-refractivity contribution in [2.24, 2.45) is 0 Å². The summed E-state index contributed by atoms with van der Waals surface area (Å²) in [7, 11) is -1.48. The van der Waals surface area contributed by atoms with Gasteiger partial charge in [-0.15, -0.1) is 11.3 Å². The van der Waals surface area contributed by atoms with Gasteiger partial charge >= 0.3 is 0 Å². The lowest BCUT2D eigenvalue weighted by Crippen LogP contribution is -2.31. The fourth-order valence-electron chi connectivity index (χ4n) is 2.02. The third kappa shape index (κ3) is 4.46. The Labute approximate surface area is 123 Å². The molecule has 1 aliphatic rings. The maximum Gasteiger partial charge on any atom is 0.241 e. The van der Waals surface area contributed by atoms with Gasteiger partial charge in [-0.05, 0) is 31.7 Å². The molecule has 1 saturated heterocycles. The van der Waals surface area contributed by atoms with Crippen molar-refractivity contribution >= 4 is 33.1 Å². The number of hydrogen-bond donors (Lipinski definition) is 2. The van der Waals surface area contributed by atoms with Crippen molar-refractivity contribution in [1.29, 1.82) is 0 Å². The van der Waals surface area contributed by atoms with E-state index in [1.54, 1.807) is 11.4 Å².